The Hall–Kier alpha value is -2.55. The van der Waals surface area contributed by atoms with Gasteiger partial charge in [0.1, 0.15) is 21.4 Å². The van der Waals surface area contributed by atoms with Crippen molar-refractivity contribution < 1.29 is 22.7 Å². The lowest BCUT2D eigenvalue weighted by atomic mass is 10.2. The van der Waals surface area contributed by atoms with Gasteiger partial charge in [-0.05, 0) is 24.3 Å². The van der Waals surface area contributed by atoms with Crippen molar-refractivity contribution in [2.45, 2.75) is 9.10 Å². The van der Waals surface area contributed by atoms with Gasteiger partial charge >= 0.3 is 0 Å². The van der Waals surface area contributed by atoms with E-state index in [1.807, 2.05) is 0 Å². The Kier molecular flexibility index (Phi) is 5.93. The molecule has 0 spiro atoms. The molecule has 0 saturated carbocycles. The Morgan fingerprint density at radius 1 is 1.04 bits per heavy atom. The molecule has 1 aromatic heterocycles. The maximum atomic E-state index is 12.7. The number of amides is 1. The highest BCUT2D eigenvalue weighted by molar-refractivity contribution is 7.93. The number of nitrogens with one attached hydrogen (secondary N) is 1. The number of carbonyl (C=O) groups is 1. The first kappa shape index (κ1) is 20.2. The van der Waals surface area contributed by atoms with Crippen molar-refractivity contribution in [3.63, 3.8) is 0 Å². The van der Waals surface area contributed by atoms with Gasteiger partial charge in [-0.25, -0.2) is 8.42 Å². The zero-order valence-electron chi connectivity index (χ0n) is 14.9. The van der Waals surface area contributed by atoms with Crippen LogP contribution in [-0.4, -0.2) is 28.5 Å². The van der Waals surface area contributed by atoms with E-state index in [-0.39, 0.29) is 24.7 Å². The Balaban J connectivity index is 1.88. The molecule has 9 heteroatoms. The number of ether oxygens (including phenoxy) is 2. The summed E-state index contributed by atoms with van der Waals surface area (Å²) < 4.78 is 35.8. The third-order valence-corrected chi connectivity index (χ3v) is 7.49. The van der Waals surface area contributed by atoms with Crippen molar-refractivity contribution in [3.8, 4) is 11.5 Å². The number of hydrogen-bond acceptors (Lipinski definition) is 6. The molecule has 1 N–H and O–H groups in total. The molecule has 0 unspecified atom stereocenters. The average Bonchev–Trinajstić information content (AvgIpc) is 3.21. The molecule has 0 aliphatic rings. The van der Waals surface area contributed by atoms with Gasteiger partial charge in [0.05, 0.1) is 29.0 Å². The minimum atomic E-state index is -3.68. The van der Waals surface area contributed by atoms with Gasteiger partial charge in [0.15, 0.2) is 0 Å². The predicted molar refractivity (Wildman–Crippen MR) is 109 cm³/mol. The van der Waals surface area contributed by atoms with Gasteiger partial charge < -0.3 is 14.8 Å². The van der Waals surface area contributed by atoms with Crippen LogP contribution in [0.2, 0.25) is 5.02 Å². The van der Waals surface area contributed by atoms with E-state index >= 15 is 0 Å². The number of rotatable bonds is 6. The SMILES string of the molecule is COc1cc(Cl)c(NC(=O)c2ccc(S(=O)(=O)c3ccccc3)s2)c(OC)c1. The second kappa shape index (κ2) is 8.22. The molecule has 2 aromatic carbocycles. The van der Waals surface area contributed by atoms with Crippen molar-refractivity contribution in [3.05, 3.63) is 64.5 Å². The molecule has 1 amide bonds. The number of sulfone groups is 1. The van der Waals surface area contributed by atoms with E-state index in [2.05, 4.69) is 5.32 Å². The Labute approximate surface area is 171 Å². The molecule has 0 fully saturated rings. The molecule has 0 atom stereocenters. The lowest BCUT2D eigenvalue weighted by molar-refractivity contribution is 0.103. The predicted octanol–water partition coefficient (Wildman–Crippen LogP) is 4.50. The van der Waals surface area contributed by atoms with Crippen molar-refractivity contribution in [1.82, 2.24) is 0 Å². The third kappa shape index (κ3) is 3.99. The summed E-state index contributed by atoms with van der Waals surface area (Å²) in [5.41, 5.74) is 0.274. The van der Waals surface area contributed by atoms with Gasteiger partial charge in [0.25, 0.3) is 5.91 Å². The standard InChI is InChI=1S/C19H16ClNO5S2/c1-25-12-10-14(20)18(15(11-12)26-2)21-19(22)16-8-9-17(27-16)28(23,24)13-6-4-3-5-7-13/h3-11H,1-2H3,(H,21,22). The van der Waals surface area contributed by atoms with Crippen LogP contribution in [0, 0.1) is 0 Å². The van der Waals surface area contributed by atoms with Crippen LogP contribution in [0.1, 0.15) is 9.67 Å². The number of methoxy groups -OCH3 is 2. The van der Waals surface area contributed by atoms with Crippen molar-refractivity contribution in [2.24, 2.45) is 0 Å². The van der Waals surface area contributed by atoms with E-state index in [9.17, 15) is 13.2 Å². The maximum absolute atomic E-state index is 12.7. The lowest BCUT2D eigenvalue weighted by Crippen LogP contribution is -2.11. The van der Waals surface area contributed by atoms with Crippen LogP contribution in [0.15, 0.2) is 63.7 Å². The topological polar surface area (TPSA) is 81.7 Å². The quantitative estimate of drug-likeness (QED) is 0.613. The van der Waals surface area contributed by atoms with Gasteiger partial charge in [0, 0.05) is 12.1 Å². The molecule has 28 heavy (non-hydrogen) atoms. The first-order valence-electron chi connectivity index (χ1n) is 7.99. The molecule has 3 rings (SSSR count). The number of benzene rings is 2. The Morgan fingerprint density at radius 3 is 2.39 bits per heavy atom. The van der Waals surface area contributed by atoms with E-state index in [1.54, 1.807) is 30.3 Å². The fourth-order valence-electron chi connectivity index (χ4n) is 2.44. The van der Waals surface area contributed by atoms with Gasteiger partial charge in [-0.15, -0.1) is 11.3 Å². The highest BCUT2D eigenvalue weighted by Gasteiger charge is 2.22. The number of thiophene rings is 1. The highest BCUT2D eigenvalue weighted by atomic mass is 35.5. The van der Waals surface area contributed by atoms with Gasteiger partial charge in [-0.2, -0.15) is 0 Å². The summed E-state index contributed by atoms with van der Waals surface area (Å²) in [5, 5.41) is 2.90. The van der Waals surface area contributed by atoms with E-state index in [4.69, 9.17) is 21.1 Å². The highest BCUT2D eigenvalue weighted by Crippen LogP contribution is 2.37. The van der Waals surface area contributed by atoms with Crippen LogP contribution in [0.3, 0.4) is 0 Å². The fourth-order valence-corrected chi connectivity index (χ4v) is 5.31. The van der Waals surface area contributed by atoms with E-state index in [0.29, 0.717) is 11.5 Å². The summed E-state index contributed by atoms with van der Waals surface area (Å²) in [4.78, 5) is 13.0. The molecular weight excluding hydrogens is 422 g/mol. The molecule has 0 aliphatic carbocycles. The Morgan fingerprint density at radius 2 is 1.75 bits per heavy atom. The van der Waals surface area contributed by atoms with Gasteiger partial charge in [-0.1, -0.05) is 29.8 Å². The summed E-state index contributed by atoms with van der Waals surface area (Å²) in [6, 6.07) is 14.0. The first-order valence-corrected chi connectivity index (χ1v) is 10.7. The van der Waals surface area contributed by atoms with Crippen molar-refractivity contribution in [1.29, 1.82) is 0 Å². The second-order valence-corrected chi connectivity index (χ2v) is 9.24. The summed E-state index contributed by atoms with van der Waals surface area (Å²) >= 11 is 7.09. The van der Waals surface area contributed by atoms with Crippen LogP contribution in [0.25, 0.3) is 0 Å². The van der Waals surface area contributed by atoms with Crippen molar-refractivity contribution in [2.75, 3.05) is 19.5 Å². The molecule has 6 nitrogen and oxygen atoms in total. The van der Waals surface area contributed by atoms with E-state index < -0.39 is 15.7 Å². The summed E-state index contributed by atoms with van der Waals surface area (Å²) in [5.74, 6) is 0.309. The van der Waals surface area contributed by atoms with E-state index in [0.717, 1.165) is 11.3 Å². The normalized spacial score (nSPS) is 11.1. The number of anilines is 1. The molecule has 0 aliphatic heterocycles. The average molecular weight is 438 g/mol. The molecule has 1 heterocycles. The molecule has 0 saturated heterocycles. The number of halogens is 1. The minimum Gasteiger partial charge on any atom is -0.497 e. The molecular formula is C19H16ClNO5S2. The van der Waals surface area contributed by atoms with Gasteiger partial charge in [-0.3, -0.25) is 4.79 Å². The number of hydrogen-bond donors (Lipinski definition) is 1. The van der Waals surface area contributed by atoms with Crippen LogP contribution >= 0.6 is 22.9 Å². The fraction of sp³-hybridized carbons (Fsp3) is 0.105. The summed E-state index contributed by atoms with van der Waals surface area (Å²) in [7, 11) is -0.753. The van der Waals surface area contributed by atoms with Crippen LogP contribution < -0.4 is 14.8 Å². The number of carbonyl (C=O) groups excluding carboxylic acids is 1. The van der Waals surface area contributed by atoms with Crippen LogP contribution in [0.4, 0.5) is 5.69 Å². The second-order valence-electron chi connectivity index (χ2n) is 5.58. The molecule has 0 bridgehead atoms. The molecule has 3 aromatic rings. The molecule has 0 radical (unpaired) electrons. The van der Waals surface area contributed by atoms with E-state index in [1.165, 1.54) is 38.5 Å². The monoisotopic (exact) mass is 437 g/mol. The van der Waals surface area contributed by atoms with Crippen LogP contribution in [0.5, 0.6) is 11.5 Å². The minimum absolute atomic E-state index is 0.0802. The third-order valence-electron chi connectivity index (χ3n) is 3.85. The maximum Gasteiger partial charge on any atom is 0.265 e. The van der Waals surface area contributed by atoms with Crippen molar-refractivity contribution >= 4 is 44.4 Å². The zero-order chi connectivity index (χ0) is 20.3. The first-order chi connectivity index (χ1) is 13.4. The Bertz CT molecular complexity index is 1110. The smallest absolute Gasteiger partial charge is 0.265 e. The summed E-state index contributed by atoms with van der Waals surface area (Å²) in [6.07, 6.45) is 0. The van der Waals surface area contributed by atoms with Gasteiger partial charge in [0.2, 0.25) is 9.84 Å². The van der Waals surface area contributed by atoms with Crippen LogP contribution in [-0.2, 0) is 9.84 Å². The lowest BCUT2D eigenvalue weighted by Gasteiger charge is -2.13. The largest absolute Gasteiger partial charge is 0.497 e. The summed E-state index contributed by atoms with van der Waals surface area (Å²) in [6.45, 7) is 0. The zero-order valence-corrected chi connectivity index (χ0v) is 17.3. The molecule has 146 valence electrons.